The summed E-state index contributed by atoms with van der Waals surface area (Å²) in [5, 5.41) is 0. The van der Waals surface area contributed by atoms with Crippen LogP contribution in [-0.2, 0) is 0 Å². The van der Waals surface area contributed by atoms with Gasteiger partial charge in [0.05, 0.1) is 5.69 Å². The first-order valence-electron chi connectivity index (χ1n) is 6.42. The third kappa shape index (κ3) is 2.41. The Kier molecular flexibility index (Phi) is 3.11. The van der Waals surface area contributed by atoms with E-state index >= 15 is 0 Å². The van der Waals surface area contributed by atoms with Gasteiger partial charge in [-0.3, -0.25) is 4.99 Å². The van der Waals surface area contributed by atoms with Crippen molar-refractivity contribution in [1.82, 2.24) is 0 Å². The van der Waals surface area contributed by atoms with E-state index in [1.54, 1.807) is 0 Å². The van der Waals surface area contributed by atoms with Crippen LogP contribution in [0.3, 0.4) is 0 Å². The Morgan fingerprint density at radius 1 is 0.789 bits per heavy atom. The molecule has 92 valence electrons. The number of hydrogen-bond acceptors (Lipinski definition) is 1. The lowest BCUT2D eigenvalue weighted by atomic mass is 10.1. The van der Waals surface area contributed by atoms with Crippen molar-refractivity contribution in [3.63, 3.8) is 0 Å². The number of hydrogen-bond donors (Lipinski definition) is 0. The molecule has 19 heavy (non-hydrogen) atoms. The van der Waals surface area contributed by atoms with E-state index < -0.39 is 0 Å². The summed E-state index contributed by atoms with van der Waals surface area (Å²) in [6, 6.07) is 22.7. The first-order chi connectivity index (χ1) is 9.34. The van der Waals surface area contributed by atoms with Gasteiger partial charge >= 0.3 is 0 Å². The molecule has 0 spiro atoms. The molecule has 0 N–H and O–H groups in total. The van der Waals surface area contributed by atoms with Gasteiger partial charge in [0.1, 0.15) is 0 Å². The first-order valence-corrected chi connectivity index (χ1v) is 6.42. The molecule has 0 amide bonds. The molecule has 0 aliphatic heterocycles. The smallest absolute Gasteiger partial charge is 0.0629 e. The summed E-state index contributed by atoms with van der Waals surface area (Å²) in [6.45, 7) is 2.14. The third-order valence-corrected chi connectivity index (χ3v) is 3.25. The van der Waals surface area contributed by atoms with Crippen LogP contribution in [0.5, 0.6) is 0 Å². The van der Waals surface area contributed by atoms with Crippen molar-refractivity contribution < 1.29 is 0 Å². The zero-order chi connectivity index (χ0) is 13.1. The van der Waals surface area contributed by atoms with Crippen molar-refractivity contribution in [3.05, 3.63) is 77.9 Å². The summed E-state index contributed by atoms with van der Waals surface area (Å²) in [5.74, 6) is 0. The molecule has 0 radical (unpaired) electrons. The van der Waals surface area contributed by atoms with Crippen molar-refractivity contribution in [2.45, 2.75) is 6.92 Å². The van der Waals surface area contributed by atoms with Crippen molar-refractivity contribution >= 4 is 11.9 Å². The highest BCUT2D eigenvalue weighted by Gasteiger charge is 2.09. The maximum Gasteiger partial charge on any atom is 0.0629 e. The van der Waals surface area contributed by atoms with Crippen molar-refractivity contribution in [3.8, 4) is 11.1 Å². The van der Waals surface area contributed by atoms with Crippen LogP contribution in [0.2, 0.25) is 0 Å². The van der Waals surface area contributed by atoms with Crippen LogP contribution in [0.1, 0.15) is 11.1 Å². The predicted molar refractivity (Wildman–Crippen MR) is 81.5 cm³/mol. The van der Waals surface area contributed by atoms with Gasteiger partial charge < -0.3 is 0 Å². The molecule has 0 saturated carbocycles. The lowest BCUT2D eigenvalue weighted by Gasteiger charge is -1.96. The number of aryl methyl sites for hydroxylation is 1. The Morgan fingerprint density at radius 3 is 2.16 bits per heavy atom. The summed E-state index contributed by atoms with van der Waals surface area (Å²) in [5.41, 5.74) is 5.99. The fourth-order valence-corrected chi connectivity index (χ4v) is 2.30. The highest BCUT2D eigenvalue weighted by molar-refractivity contribution is 5.94. The van der Waals surface area contributed by atoms with Crippen LogP contribution in [0.15, 0.2) is 71.7 Å². The van der Waals surface area contributed by atoms with E-state index in [1.807, 2.05) is 36.5 Å². The predicted octanol–water partition coefficient (Wildman–Crippen LogP) is 4.85. The zero-order valence-corrected chi connectivity index (χ0v) is 10.9. The summed E-state index contributed by atoms with van der Waals surface area (Å²) >= 11 is 0. The minimum absolute atomic E-state index is 0.981. The zero-order valence-electron chi connectivity index (χ0n) is 10.9. The average Bonchev–Trinajstić information content (AvgIpc) is 2.64. The Hall–Kier alpha value is -2.41. The largest absolute Gasteiger partial charge is 0.256 e. The molecule has 1 aromatic rings. The molecule has 0 aromatic heterocycles. The molecule has 0 atom stereocenters. The molecule has 1 heteroatoms. The molecule has 0 unspecified atom stereocenters. The maximum absolute atomic E-state index is 4.54. The Bertz CT molecular complexity index is 683. The van der Waals surface area contributed by atoms with E-state index in [2.05, 4.69) is 48.3 Å². The molecule has 0 heterocycles. The van der Waals surface area contributed by atoms with E-state index in [4.69, 9.17) is 0 Å². The van der Waals surface area contributed by atoms with Gasteiger partial charge in [-0.15, -0.1) is 0 Å². The minimum atomic E-state index is 0.981. The normalized spacial score (nSPS) is 11.2. The molecule has 2 aliphatic rings. The number of rotatable bonds is 2. The van der Waals surface area contributed by atoms with E-state index in [9.17, 15) is 0 Å². The quantitative estimate of drug-likeness (QED) is 0.572. The first kappa shape index (κ1) is 11.7. The number of fused-ring (bicyclic) bond motifs is 1. The van der Waals surface area contributed by atoms with Gasteiger partial charge in [-0.1, -0.05) is 48.5 Å². The summed E-state index contributed by atoms with van der Waals surface area (Å²) in [6.07, 6.45) is 1.95. The molecule has 0 saturated heterocycles. The van der Waals surface area contributed by atoms with Crippen LogP contribution < -0.4 is 0 Å². The standard InChI is InChI=1S/C18H15N/c1-14-12-15(13-19-16-8-4-2-5-9-16)18-11-7-3-6-10-17(14)18/h2-13H,1H3. The van der Waals surface area contributed by atoms with Gasteiger partial charge in [0.25, 0.3) is 0 Å². The van der Waals surface area contributed by atoms with E-state index in [-0.39, 0.29) is 0 Å². The number of aliphatic imine (C=N–C) groups is 1. The van der Waals surface area contributed by atoms with Crippen LogP contribution in [-0.4, -0.2) is 6.21 Å². The van der Waals surface area contributed by atoms with Crippen LogP contribution in [0.4, 0.5) is 5.69 Å². The molecule has 0 bridgehead atoms. The van der Waals surface area contributed by atoms with Crippen LogP contribution >= 0.6 is 0 Å². The summed E-state index contributed by atoms with van der Waals surface area (Å²) in [4.78, 5) is 4.54. The SMILES string of the molecule is Cc1cc(C=Nc2ccccc2)c2cccccc1-2. The maximum atomic E-state index is 4.54. The second kappa shape index (κ2) is 5.07. The van der Waals surface area contributed by atoms with Gasteiger partial charge in [0.2, 0.25) is 0 Å². The lowest BCUT2D eigenvalue weighted by Crippen LogP contribution is -1.78. The van der Waals surface area contributed by atoms with Crippen molar-refractivity contribution in [2.24, 2.45) is 4.99 Å². The molecule has 1 nitrogen and oxygen atoms in total. The van der Waals surface area contributed by atoms with E-state index in [0.717, 1.165) is 5.69 Å². The average molecular weight is 245 g/mol. The molecular formula is C18H15N. The fraction of sp³-hybridized carbons (Fsp3) is 0.0556. The van der Waals surface area contributed by atoms with Gasteiger partial charge in [0.15, 0.2) is 0 Å². The van der Waals surface area contributed by atoms with E-state index in [1.165, 1.54) is 22.3 Å². The highest BCUT2D eigenvalue weighted by Crippen LogP contribution is 2.30. The summed E-state index contributed by atoms with van der Waals surface area (Å²) in [7, 11) is 0. The second-order valence-corrected chi connectivity index (χ2v) is 4.61. The highest BCUT2D eigenvalue weighted by atomic mass is 14.7. The van der Waals surface area contributed by atoms with Crippen LogP contribution in [0, 0.1) is 6.92 Å². The molecule has 0 fully saturated rings. The Labute approximate surface area is 113 Å². The number of nitrogens with zero attached hydrogens (tertiary/aromatic N) is 1. The van der Waals surface area contributed by atoms with Gasteiger partial charge in [0, 0.05) is 11.8 Å². The molecule has 2 aliphatic carbocycles. The monoisotopic (exact) mass is 245 g/mol. The molecular weight excluding hydrogens is 230 g/mol. The minimum Gasteiger partial charge on any atom is -0.256 e. The fourth-order valence-electron chi connectivity index (χ4n) is 2.30. The van der Waals surface area contributed by atoms with Crippen molar-refractivity contribution in [1.29, 1.82) is 0 Å². The van der Waals surface area contributed by atoms with Crippen molar-refractivity contribution in [2.75, 3.05) is 0 Å². The number of para-hydroxylation sites is 1. The Balaban J connectivity index is 2.02. The molecule has 1 aromatic carbocycles. The van der Waals surface area contributed by atoms with Gasteiger partial charge in [-0.2, -0.15) is 0 Å². The van der Waals surface area contributed by atoms with E-state index in [0.29, 0.717) is 0 Å². The van der Waals surface area contributed by atoms with Gasteiger partial charge in [-0.25, -0.2) is 0 Å². The second-order valence-electron chi connectivity index (χ2n) is 4.61. The summed E-state index contributed by atoms with van der Waals surface area (Å²) < 4.78 is 0. The number of benzene rings is 1. The third-order valence-electron chi connectivity index (χ3n) is 3.25. The van der Waals surface area contributed by atoms with Gasteiger partial charge in [-0.05, 0) is 41.8 Å². The Morgan fingerprint density at radius 2 is 1.42 bits per heavy atom. The lowest BCUT2D eigenvalue weighted by molar-refractivity contribution is 1.53. The molecule has 3 rings (SSSR count). The topological polar surface area (TPSA) is 12.4 Å². The van der Waals surface area contributed by atoms with Crippen LogP contribution in [0.25, 0.3) is 11.1 Å².